The Bertz CT molecular complexity index is 1180. The van der Waals surface area contributed by atoms with Gasteiger partial charge in [-0.25, -0.2) is 4.58 Å². The van der Waals surface area contributed by atoms with E-state index < -0.39 is 11.9 Å². The van der Waals surface area contributed by atoms with Gasteiger partial charge in [-0.15, -0.1) is 0 Å². The first kappa shape index (κ1) is 24.3. The molecular weight excluding hydrogens is 438 g/mol. The first-order chi connectivity index (χ1) is 16.3. The fourth-order valence-corrected chi connectivity index (χ4v) is 3.48. The van der Waals surface area contributed by atoms with Crippen molar-refractivity contribution in [1.29, 1.82) is 10.8 Å². The van der Waals surface area contributed by atoms with Crippen molar-refractivity contribution in [3.63, 3.8) is 0 Å². The minimum atomic E-state index is -0.695. The molecule has 1 amide bonds. The molecule has 1 aliphatic rings. The number of amides is 1. The highest BCUT2D eigenvalue weighted by Gasteiger charge is 2.29. The number of hydrogen-bond donors (Lipinski definition) is 5. The average molecular weight is 466 g/mol. The monoisotopic (exact) mass is 465 g/mol. The van der Waals surface area contributed by atoms with Crippen LogP contribution in [-0.2, 0) is 9.53 Å². The molecule has 0 spiro atoms. The zero-order valence-corrected chi connectivity index (χ0v) is 18.7. The Hall–Kier alpha value is -4.32. The Balaban J connectivity index is 1.85. The maximum atomic E-state index is 12.0. The molecule has 3 rings (SSSR count). The van der Waals surface area contributed by atoms with Crippen LogP contribution in [0.3, 0.4) is 0 Å². The Labute approximate surface area is 196 Å². The number of benzene rings is 1. The van der Waals surface area contributed by atoms with Gasteiger partial charge in [-0.2, -0.15) is 5.43 Å². The summed E-state index contributed by atoms with van der Waals surface area (Å²) in [5, 5.41) is 22.6. The van der Waals surface area contributed by atoms with E-state index in [1.807, 2.05) is 0 Å². The van der Waals surface area contributed by atoms with Gasteiger partial charge in [0, 0.05) is 37.2 Å². The highest BCUT2D eigenvalue weighted by molar-refractivity contribution is 6.26. The molecule has 1 aromatic heterocycles. The molecule has 0 unspecified atom stereocenters. The van der Waals surface area contributed by atoms with Crippen molar-refractivity contribution in [2.75, 3.05) is 5.32 Å². The normalized spacial score (nSPS) is 16.0. The van der Waals surface area contributed by atoms with E-state index in [2.05, 4.69) is 27.1 Å². The second-order valence-corrected chi connectivity index (χ2v) is 7.64. The first-order valence-electron chi connectivity index (χ1n) is 10.6. The molecule has 1 aliphatic carbocycles. The lowest BCUT2D eigenvalue weighted by Gasteiger charge is -2.22. The number of nitrogens with zero attached hydrogens (tertiary/aromatic N) is 4. The van der Waals surface area contributed by atoms with Crippen LogP contribution in [0.25, 0.3) is 0 Å². The largest absolute Gasteiger partial charge is 0.434 e. The molecule has 0 saturated heterocycles. The number of rotatable bonds is 8. The lowest BCUT2D eigenvalue weighted by Crippen LogP contribution is -2.71. The van der Waals surface area contributed by atoms with Crippen LogP contribution in [-0.4, -0.2) is 57.0 Å². The summed E-state index contributed by atoms with van der Waals surface area (Å²) in [7, 11) is 0. The fraction of sp³-hybridized carbons (Fsp3) is 0.273. The van der Waals surface area contributed by atoms with E-state index in [-0.39, 0.29) is 29.3 Å². The molecule has 12 nitrogen and oxygen atoms in total. The third-order valence-electron chi connectivity index (χ3n) is 5.11. The van der Waals surface area contributed by atoms with E-state index in [0.717, 1.165) is 25.5 Å². The van der Waals surface area contributed by atoms with Gasteiger partial charge in [0.2, 0.25) is 5.82 Å². The minimum absolute atomic E-state index is 0.101. The predicted octanol–water partition coefficient (Wildman–Crippen LogP) is 1.35. The van der Waals surface area contributed by atoms with Crippen LogP contribution in [0.1, 0.15) is 43.0 Å². The SMILES string of the molecule is C=[N+](c1ncc(C(N)=O)c(Nc2cccc([NH2+]/N=C(\C=N)OC(C)=O)c2)n1)[C@@H]1CCCCC1=N. The van der Waals surface area contributed by atoms with Gasteiger partial charge in [0.25, 0.3) is 11.8 Å². The molecule has 1 heterocycles. The number of hydrogen-bond acceptors (Lipinski definition) is 9. The van der Waals surface area contributed by atoms with Gasteiger partial charge in [-0.1, -0.05) is 11.1 Å². The average Bonchev–Trinajstić information content (AvgIpc) is 2.81. The van der Waals surface area contributed by atoms with Crippen molar-refractivity contribution in [3.05, 3.63) is 36.0 Å². The van der Waals surface area contributed by atoms with Crippen molar-refractivity contribution in [2.45, 2.75) is 38.6 Å². The number of ether oxygens (including phenoxy) is 1. The molecule has 0 bridgehead atoms. The number of carbonyl (C=O) groups excluding carboxylic acids is 2. The lowest BCUT2D eigenvalue weighted by atomic mass is 9.93. The summed E-state index contributed by atoms with van der Waals surface area (Å²) in [5.41, 5.74) is 8.86. The number of anilines is 2. The van der Waals surface area contributed by atoms with E-state index in [9.17, 15) is 9.59 Å². The molecule has 1 fully saturated rings. The van der Waals surface area contributed by atoms with Crippen LogP contribution in [0.5, 0.6) is 0 Å². The molecular formula is C22H27N9O3+2. The summed E-state index contributed by atoms with van der Waals surface area (Å²) in [5.74, 6) is -0.944. The topological polar surface area (TPSA) is 187 Å². The zero-order chi connectivity index (χ0) is 24.7. The summed E-state index contributed by atoms with van der Waals surface area (Å²) >= 11 is 0. The molecule has 12 heteroatoms. The van der Waals surface area contributed by atoms with Gasteiger partial charge in [0.05, 0.1) is 6.21 Å². The summed E-state index contributed by atoms with van der Waals surface area (Å²) in [6.07, 6.45) is 5.65. The van der Waals surface area contributed by atoms with Crippen molar-refractivity contribution < 1.29 is 24.3 Å². The van der Waals surface area contributed by atoms with E-state index >= 15 is 0 Å². The Morgan fingerprint density at radius 1 is 1.41 bits per heavy atom. The molecule has 0 radical (unpaired) electrons. The smallest absolute Gasteiger partial charge is 0.401 e. The lowest BCUT2D eigenvalue weighted by molar-refractivity contribution is -0.578. The summed E-state index contributed by atoms with van der Waals surface area (Å²) in [4.78, 5) is 31.7. The van der Waals surface area contributed by atoms with E-state index in [1.165, 1.54) is 18.5 Å². The van der Waals surface area contributed by atoms with Crippen LogP contribution >= 0.6 is 0 Å². The molecule has 7 N–H and O–H groups in total. The van der Waals surface area contributed by atoms with E-state index in [1.54, 1.807) is 28.8 Å². The van der Waals surface area contributed by atoms with Gasteiger partial charge < -0.3 is 26.6 Å². The van der Waals surface area contributed by atoms with Crippen molar-refractivity contribution >= 4 is 59.6 Å². The number of nitrogens with one attached hydrogen (secondary N) is 3. The summed E-state index contributed by atoms with van der Waals surface area (Å²) in [6.45, 7) is 5.26. The predicted molar refractivity (Wildman–Crippen MR) is 127 cm³/mol. The third kappa shape index (κ3) is 6.13. The summed E-state index contributed by atoms with van der Waals surface area (Å²) in [6, 6.07) is 6.80. The Kier molecular flexibility index (Phi) is 7.88. The number of nitrogens with two attached hydrogens (primary N) is 2. The highest BCUT2D eigenvalue weighted by atomic mass is 16.5. The molecule has 1 aromatic carbocycles. The molecule has 0 aliphatic heterocycles. The Morgan fingerprint density at radius 3 is 2.88 bits per heavy atom. The number of esters is 1. The van der Waals surface area contributed by atoms with Gasteiger partial charge in [-0.3, -0.25) is 9.59 Å². The maximum absolute atomic E-state index is 12.0. The first-order valence-corrected chi connectivity index (χ1v) is 10.6. The zero-order valence-electron chi connectivity index (χ0n) is 18.7. The second-order valence-electron chi connectivity index (χ2n) is 7.64. The maximum Gasteiger partial charge on any atom is 0.434 e. The van der Waals surface area contributed by atoms with Crippen LogP contribution in [0.15, 0.2) is 35.6 Å². The number of primary amides is 1. The fourth-order valence-electron chi connectivity index (χ4n) is 3.48. The summed E-state index contributed by atoms with van der Waals surface area (Å²) < 4.78 is 6.41. The molecule has 34 heavy (non-hydrogen) atoms. The molecule has 2 aromatic rings. The van der Waals surface area contributed by atoms with Crippen molar-refractivity contribution in [1.82, 2.24) is 9.97 Å². The van der Waals surface area contributed by atoms with Gasteiger partial charge in [0.15, 0.2) is 5.69 Å². The van der Waals surface area contributed by atoms with Crippen LogP contribution in [0, 0.1) is 10.8 Å². The van der Waals surface area contributed by atoms with Gasteiger partial charge >= 0.3 is 11.9 Å². The Morgan fingerprint density at radius 2 is 2.21 bits per heavy atom. The van der Waals surface area contributed by atoms with E-state index in [4.69, 9.17) is 21.3 Å². The number of carbonyl (C=O) groups is 2. The molecule has 176 valence electrons. The van der Waals surface area contributed by atoms with Gasteiger partial charge in [-0.05, 0) is 41.8 Å². The number of aromatic nitrogens is 2. The van der Waals surface area contributed by atoms with E-state index in [0.29, 0.717) is 23.5 Å². The van der Waals surface area contributed by atoms with Crippen LogP contribution in [0.4, 0.5) is 23.1 Å². The van der Waals surface area contributed by atoms with Crippen molar-refractivity contribution in [3.8, 4) is 0 Å². The van der Waals surface area contributed by atoms with Crippen molar-refractivity contribution in [2.24, 2.45) is 10.8 Å². The standard InChI is InChI=1S/C22H25N9O3/c1-13(32)34-19(11-23)30-29-15-7-5-6-14(10-15)27-21-16(20(25)33)12-26-22(28-21)31(2)18-9-4-3-8-17(18)24/h5-7,10-12,18,24H,2-4,8-9H2,1H3,(H4-,23,25,26,27,28,29,33)/p+2/t18-/m1/s1. The van der Waals surface area contributed by atoms with Gasteiger partial charge in [0.1, 0.15) is 17.8 Å². The molecule has 1 atom stereocenters. The molecule has 1 saturated carbocycles. The van der Waals surface area contributed by atoms with Crippen LogP contribution in [0.2, 0.25) is 0 Å². The van der Waals surface area contributed by atoms with Crippen LogP contribution < -0.4 is 16.5 Å². The highest BCUT2D eigenvalue weighted by Crippen LogP contribution is 2.25. The third-order valence-corrected chi connectivity index (χ3v) is 5.11. The second kappa shape index (κ2) is 11.0. The quantitative estimate of drug-likeness (QED) is 0.0744. The minimum Gasteiger partial charge on any atom is -0.401 e. The number of quaternary nitrogens is 1.